The molecule has 0 atom stereocenters. The van der Waals surface area contributed by atoms with E-state index in [0.717, 1.165) is 43.9 Å². The highest BCUT2D eigenvalue weighted by Gasteiger charge is 2.27. The minimum atomic E-state index is -3.74. The summed E-state index contributed by atoms with van der Waals surface area (Å²) in [6.07, 6.45) is 3.53. The largest absolute Gasteiger partial charge is 0.477 e. The average molecular weight is 516 g/mol. The van der Waals surface area contributed by atoms with Crippen molar-refractivity contribution in [2.24, 2.45) is 11.8 Å². The molecule has 0 spiro atoms. The van der Waals surface area contributed by atoms with Gasteiger partial charge in [0, 0.05) is 37.4 Å². The zero-order valence-electron chi connectivity index (χ0n) is 22.7. The molecule has 0 bridgehead atoms. The molecule has 1 aliphatic rings. The first-order valence-corrected chi connectivity index (χ1v) is 14.5. The maximum Gasteiger partial charge on any atom is 0.214 e. The lowest BCUT2D eigenvalue weighted by Crippen LogP contribution is -2.25. The van der Waals surface area contributed by atoms with Crippen molar-refractivity contribution in [3.05, 3.63) is 42.4 Å². The van der Waals surface area contributed by atoms with Gasteiger partial charge >= 0.3 is 0 Å². The summed E-state index contributed by atoms with van der Waals surface area (Å²) in [5, 5.41) is 0. The highest BCUT2D eigenvalue weighted by molar-refractivity contribution is 7.91. The Labute approximate surface area is 216 Å². The summed E-state index contributed by atoms with van der Waals surface area (Å²) in [6, 6.07) is 8.26. The summed E-state index contributed by atoms with van der Waals surface area (Å²) in [5.41, 5.74) is 1.49. The van der Waals surface area contributed by atoms with Gasteiger partial charge in [-0.15, -0.1) is 0 Å². The van der Waals surface area contributed by atoms with E-state index in [-0.39, 0.29) is 15.2 Å². The van der Waals surface area contributed by atoms with Crippen LogP contribution in [0.4, 0.5) is 0 Å². The molecule has 7 nitrogen and oxygen atoms in total. The van der Waals surface area contributed by atoms with Crippen LogP contribution in [-0.2, 0) is 26.5 Å². The summed E-state index contributed by atoms with van der Waals surface area (Å²) >= 11 is 0. The predicted molar refractivity (Wildman–Crippen MR) is 143 cm³/mol. The Morgan fingerprint density at radius 1 is 1.08 bits per heavy atom. The normalized spacial score (nSPS) is 15.1. The third-order valence-corrected chi connectivity index (χ3v) is 7.81. The Balaban J connectivity index is 0.00000176. The van der Waals surface area contributed by atoms with Gasteiger partial charge in [-0.05, 0) is 48.9 Å². The van der Waals surface area contributed by atoms with Gasteiger partial charge in [0.05, 0.1) is 27.4 Å². The fraction of sp³-hybridized carbons (Fsp3) is 0.571. The number of nitrogens with zero attached hydrogens (tertiary/aromatic N) is 3. The van der Waals surface area contributed by atoms with E-state index < -0.39 is 9.84 Å². The smallest absolute Gasteiger partial charge is 0.214 e. The zero-order chi connectivity index (χ0) is 26.5. The van der Waals surface area contributed by atoms with Gasteiger partial charge in [0.25, 0.3) is 0 Å². The topological polar surface area (TPSA) is 83.3 Å². The summed E-state index contributed by atoms with van der Waals surface area (Å²) in [6.45, 7) is 17.4. The average Bonchev–Trinajstić information content (AvgIpc) is 3.23. The van der Waals surface area contributed by atoms with Gasteiger partial charge < -0.3 is 14.0 Å². The predicted octanol–water partition coefficient (Wildman–Crippen LogP) is 6.05. The number of rotatable bonds is 7. The van der Waals surface area contributed by atoms with Crippen molar-refractivity contribution in [3.8, 4) is 5.88 Å². The lowest BCUT2D eigenvalue weighted by molar-refractivity contribution is 0.0611. The molecule has 0 radical (unpaired) electrons. The standard InChI is InChI=1S/C26H35N3O4S.C2H6/c1-18(2)17-33-24-15-21(8-11-27-24)34(30,31)20-6-7-23-22(14-20)28-25(26(3,4)5)29(23)16-19-9-12-32-13-10-19;1-2/h6-8,11,14-15,18-19H,9-10,12-13,16-17H2,1-5H3;1-2H3. The molecule has 1 aromatic carbocycles. The Morgan fingerprint density at radius 2 is 1.75 bits per heavy atom. The minimum Gasteiger partial charge on any atom is -0.477 e. The van der Waals surface area contributed by atoms with E-state index in [1.54, 1.807) is 12.1 Å². The number of pyridine rings is 1. The van der Waals surface area contributed by atoms with Crippen molar-refractivity contribution in [2.75, 3.05) is 19.8 Å². The number of aromatic nitrogens is 3. The van der Waals surface area contributed by atoms with Gasteiger partial charge in [0.1, 0.15) is 5.82 Å². The van der Waals surface area contributed by atoms with Gasteiger partial charge in [0.15, 0.2) is 0 Å². The van der Waals surface area contributed by atoms with Crippen molar-refractivity contribution in [1.82, 2.24) is 14.5 Å². The summed E-state index contributed by atoms with van der Waals surface area (Å²) in [4.78, 5) is 9.45. The first-order chi connectivity index (χ1) is 17.1. The quantitative estimate of drug-likeness (QED) is 0.381. The van der Waals surface area contributed by atoms with E-state index in [0.29, 0.717) is 29.8 Å². The first kappa shape index (κ1) is 28.1. The summed E-state index contributed by atoms with van der Waals surface area (Å²) < 4.78 is 40.3. The number of fused-ring (bicyclic) bond motifs is 1. The molecule has 1 saturated heterocycles. The van der Waals surface area contributed by atoms with Crippen LogP contribution in [0, 0.1) is 11.8 Å². The molecule has 3 heterocycles. The van der Waals surface area contributed by atoms with Crippen molar-refractivity contribution < 1.29 is 17.9 Å². The number of benzene rings is 1. The lowest BCUT2D eigenvalue weighted by Gasteiger charge is -2.26. The van der Waals surface area contributed by atoms with Crippen LogP contribution in [0.2, 0.25) is 0 Å². The number of imidazole rings is 1. The molecular formula is C28H41N3O4S. The second-order valence-electron chi connectivity index (χ2n) is 10.5. The molecule has 1 aliphatic heterocycles. The van der Waals surface area contributed by atoms with Crippen LogP contribution in [0.1, 0.15) is 67.1 Å². The molecule has 0 saturated carbocycles. The van der Waals surface area contributed by atoms with Crippen molar-refractivity contribution in [2.45, 2.75) is 83.1 Å². The Bertz CT molecular complexity index is 1250. The lowest BCUT2D eigenvalue weighted by atomic mass is 9.94. The van der Waals surface area contributed by atoms with E-state index >= 15 is 0 Å². The van der Waals surface area contributed by atoms with Crippen LogP contribution in [0.25, 0.3) is 11.0 Å². The summed E-state index contributed by atoms with van der Waals surface area (Å²) in [5.74, 6) is 2.12. The third-order valence-electron chi connectivity index (χ3n) is 6.06. The third kappa shape index (κ3) is 6.45. The van der Waals surface area contributed by atoms with Crippen molar-refractivity contribution >= 4 is 20.9 Å². The molecule has 0 amide bonds. The fourth-order valence-electron chi connectivity index (χ4n) is 4.25. The Morgan fingerprint density at radius 3 is 2.39 bits per heavy atom. The summed E-state index contributed by atoms with van der Waals surface area (Å²) in [7, 11) is -3.74. The Kier molecular flexibility index (Phi) is 9.17. The SMILES string of the molecule is CC.CC(C)COc1cc(S(=O)(=O)c2ccc3c(c2)nc(C(C)(C)C)n3CC2CCOCC2)ccn1. The van der Waals surface area contributed by atoms with Crippen LogP contribution in [-0.4, -0.2) is 42.8 Å². The van der Waals surface area contributed by atoms with Crippen molar-refractivity contribution in [1.29, 1.82) is 0 Å². The molecule has 3 aromatic rings. The van der Waals surface area contributed by atoms with E-state index in [1.807, 2.05) is 33.8 Å². The highest BCUT2D eigenvalue weighted by Crippen LogP contribution is 2.32. The van der Waals surface area contributed by atoms with Crippen LogP contribution in [0.15, 0.2) is 46.3 Å². The van der Waals surface area contributed by atoms with Crippen molar-refractivity contribution in [3.63, 3.8) is 0 Å². The molecular weight excluding hydrogens is 474 g/mol. The van der Waals surface area contributed by atoms with E-state index in [1.165, 1.54) is 18.3 Å². The molecule has 8 heteroatoms. The van der Waals surface area contributed by atoms with Gasteiger partial charge in [-0.25, -0.2) is 18.4 Å². The molecule has 4 rings (SSSR count). The number of sulfone groups is 1. The molecule has 0 aliphatic carbocycles. The molecule has 1 fully saturated rings. The number of hydrogen-bond acceptors (Lipinski definition) is 6. The molecule has 2 aromatic heterocycles. The van der Waals surface area contributed by atoms with E-state index in [2.05, 4.69) is 30.3 Å². The van der Waals surface area contributed by atoms with Gasteiger partial charge in [-0.3, -0.25) is 0 Å². The zero-order valence-corrected chi connectivity index (χ0v) is 23.6. The maximum atomic E-state index is 13.4. The Hall–Kier alpha value is -2.45. The number of ether oxygens (including phenoxy) is 2. The first-order valence-electron chi connectivity index (χ1n) is 13.0. The molecule has 0 N–H and O–H groups in total. The molecule has 36 heavy (non-hydrogen) atoms. The van der Waals surface area contributed by atoms with Gasteiger partial charge in [-0.2, -0.15) is 0 Å². The maximum absolute atomic E-state index is 13.4. The molecule has 198 valence electrons. The van der Waals surface area contributed by atoms with Crippen LogP contribution in [0.3, 0.4) is 0 Å². The fourth-order valence-corrected chi connectivity index (χ4v) is 5.53. The van der Waals surface area contributed by atoms with Crippen LogP contribution >= 0.6 is 0 Å². The van der Waals surface area contributed by atoms with E-state index in [4.69, 9.17) is 14.5 Å². The minimum absolute atomic E-state index is 0.165. The van der Waals surface area contributed by atoms with Gasteiger partial charge in [-0.1, -0.05) is 48.5 Å². The van der Waals surface area contributed by atoms with Crippen LogP contribution < -0.4 is 4.74 Å². The monoisotopic (exact) mass is 515 g/mol. The van der Waals surface area contributed by atoms with E-state index in [9.17, 15) is 8.42 Å². The van der Waals surface area contributed by atoms with Crippen LogP contribution in [0.5, 0.6) is 5.88 Å². The number of hydrogen-bond donors (Lipinski definition) is 0. The second-order valence-corrected chi connectivity index (χ2v) is 12.5. The molecule has 0 unspecified atom stereocenters. The second kappa shape index (κ2) is 11.7. The van der Waals surface area contributed by atoms with Gasteiger partial charge in [0.2, 0.25) is 15.7 Å². The highest BCUT2D eigenvalue weighted by atomic mass is 32.2.